The van der Waals surface area contributed by atoms with E-state index in [2.05, 4.69) is 48.7 Å². The summed E-state index contributed by atoms with van der Waals surface area (Å²) in [5.41, 5.74) is 5.61. The predicted octanol–water partition coefficient (Wildman–Crippen LogP) is 6.71. The van der Waals surface area contributed by atoms with E-state index in [1.807, 2.05) is 65.7 Å². The number of benzene rings is 3. The summed E-state index contributed by atoms with van der Waals surface area (Å²) >= 11 is 0. The zero-order valence-electron chi connectivity index (χ0n) is 23.1. The van der Waals surface area contributed by atoms with Crippen molar-refractivity contribution in [1.82, 2.24) is 9.47 Å². The number of fused-ring (bicyclic) bond motifs is 3. The summed E-state index contributed by atoms with van der Waals surface area (Å²) in [6, 6.07) is 27.6. The Bertz CT molecular complexity index is 1500. The van der Waals surface area contributed by atoms with Gasteiger partial charge in [0.25, 0.3) is 5.91 Å². The maximum Gasteiger partial charge on any atom is 0.254 e. The van der Waals surface area contributed by atoms with Crippen molar-refractivity contribution >= 4 is 17.5 Å². The number of carbonyl (C=O) groups excluding carboxylic acids is 2. The Hall–Kier alpha value is -4.32. The minimum absolute atomic E-state index is 0.0235. The number of amides is 2. The van der Waals surface area contributed by atoms with Gasteiger partial charge in [-0.25, -0.2) is 0 Å². The van der Waals surface area contributed by atoms with E-state index in [-0.39, 0.29) is 30.4 Å². The zero-order valence-corrected chi connectivity index (χ0v) is 23.1. The SMILES string of the molecule is CCCCOc1ccc(C(=O)N(CC(=O)N2c3ccccc3-n3cccc3C2c2ccc(C)cc2)C2CC2)cc1. The predicted molar refractivity (Wildman–Crippen MR) is 157 cm³/mol. The van der Waals surface area contributed by atoms with E-state index in [1.54, 1.807) is 4.90 Å². The Morgan fingerprint density at radius 3 is 2.33 bits per heavy atom. The molecule has 1 fully saturated rings. The summed E-state index contributed by atoms with van der Waals surface area (Å²) in [5.74, 6) is 0.551. The van der Waals surface area contributed by atoms with Gasteiger partial charge >= 0.3 is 0 Å². The van der Waals surface area contributed by atoms with Gasteiger partial charge < -0.3 is 14.2 Å². The largest absolute Gasteiger partial charge is 0.494 e. The highest BCUT2D eigenvalue weighted by Gasteiger charge is 2.40. The van der Waals surface area contributed by atoms with E-state index in [0.29, 0.717) is 12.2 Å². The van der Waals surface area contributed by atoms with Crippen LogP contribution in [0.25, 0.3) is 5.69 Å². The lowest BCUT2D eigenvalue weighted by molar-refractivity contribution is -0.119. The monoisotopic (exact) mass is 533 g/mol. The van der Waals surface area contributed by atoms with E-state index in [1.165, 1.54) is 5.56 Å². The molecule has 1 saturated carbocycles. The number of aromatic nitrogens is 1. The van der Waals surface area contributed by atoms with E-state index < -0.39 is 0 Å². The van der Waals surface area contributed by atoms with Crippen LogP contribution in [-0.4, -0.2) is 40.5 Å². The van der Waals surface area contributed by atoms with Gasteiger partial charge in [0, 0.05) is 17.8 Å². The molecule has 2 amide bonds. The van der Waals surface area contributed by atoms with Gasteiger partial charge in [0.1, 0.15) is 18.3 Å². The second kappa shape index (κ2) is 11.0. The first-order valence-electron chi connectivity index (χ1n) is 14.2. The molecule has 1 aliphatic carbocycles. The molecule has 1 aliphatic heterocycles. The Morgan fingerprint density at radius 2 is 1.62 bits per heavy atom. The number of hydrogen-bond acceptors (Lipinski definition) is 3. The lowest BCUT2D eigenvalue weighted by Crippen LogP contribution is -2.47. The molecule has 2 aliphatic rings. The van der Waals surface area contributed by atoms with Crippen molar-refractivity contribution in [2.45, 2.75) is 51.6 Å². The summed E-state index contributed by atoms with van der Waals surface area (Å²) in [4.78, 5) is 31.7. The molecule has 0 saturated heterocycles. The number of anilines is 1. The molecule has 6 rings (SSSR count). The fourth-order valence-corrected chi connectivity index (χ4v) is 5.49. The van der Waals surface area contributed by atoms with Crippen LogP contribution >= 0.6 is 0 Å². The Morgan fingerprint density at radius 1 is 0.900 bits per heavy atom. The molecular weight excluding hydrogens is 498 g/mol. The number of hydrogen-bond donors (Lipinski definition) is 0. The first kappa shape index (κ1) is 25.9. The third kappa shape index (κ3) is 5.02. The molecule has 0 bridgehead atoms. The number of nitrogens with zero attached hydrogens (tertiary/aromatic N) is 3. The highest BCUT2D eigenvalue weighted by molar-refractivity contribution is 6.03. The third-order valence-electron chi connectivity index (χ3n) is 7.80. The standard InChI is InChI=1S/C34H35N3O3/c1-3-4-22-40-28-19-15-26(16-20-28)34(39)36(27-17-18-27)23-32(38)37-30-9-6-5-8-29(30)35-21-7-10-31(35)33(37)25-13-11-24(2)12-14-25/h5-16,19-21,27,33H,3-4,17-18,22-23H2,1-2H3. The lowest BCUT2D eigenvalue weighted by Gasteiger charge is -2.39. The van der Waals surface area contributed by atoms with Crippen LogP contribution in [0.5, 0.6) is 5.75 Å². The number of unbranched alkanes of at least 4 members (excludes halogenated alkanes) is 1. The summed E-state index contributed by atoms with van der Waals surface area (Å²) in [6.07, 6.45) is 5.94. The second-order valence-electron chi connectivity index (χ2n) is 10.8. The molecule has 6 heteroatoms. The first-order valence-corrected chi connectivity index (χ1v) is 14.2. The maximum atomic E-state index is 14.3. The number of ether oxygens (including phenoxy) is 1. The minimum Gasteiger partial charge on any atom is -0.494 e. The molecule has 0 radical (unpaired) electrons. The number of rotatable bonds is 9. The van der Waals surface area contributed by atoms with Gasteiger partial charge in [-0.15, -0.1) is 0 Å². The molecule has 3 aromatic carbocycles. The number of para-hydroxylation sites is 2. The summed E-state index contributed by atoms with van der Waals surface area (Å²) in [7, 11) is 0. The van der Waals surface area contributed by atoms with Gasteiger partial charge in [-0.3, -0.25) is 14.5 Å². The van der Waals surface area contributed by atoms with Crippen molar-refractivity contribution < 1.29 is 14.3 Å². The molecule has 0 spiro atoms. The van der Waals surface area contributed by atoms with E-state index in [4.69, 9.17) is 4.74 Å². The molecule has 4 aromatic rings. The highest BCUT2D eigenvalue weighted by Crippen LogP contribution is 2.42. The van der Waals surface area contributed by atoms with Crippen molar-refractivity contribution in [2.24, 2.45) is 0 Å². The van der Waals surface area contributed by atoms with Gasteiger partial charge in [-0.2, -0.15) is 0 Å². The van der Waals surface area contributed by atoms with Crippen molar-refractivity contribution in [3.8, 4) is 11.4 Å². The summed E-state index contributed by atoms with van der Waals surface area (Å²) < 4.78 is 7.94. The van der Waals surface area contributed by atoms with Gasteiger partial charge in [0.05, 0.1) is 23.7 Å². The van der Waals surface area contributed by atoms with Crippen molar-refractivity contribution in [2.75, 3.05) is 18.1 Å². The van der Waals surface area contributed by atoms with Crippen LogP contribution in [-0.2, 0) is 4.79 Å². The average molecular weight is 534 g/mol. The van der Waals surface area contributed by atoms with Crippen LogP contribution in [0.15, 0.2) is 91.1 Å². The topological polar surface area (TPSA) is 54.8 Å². The molecule has 204 valence electrons. The van der Waals surface area contributed by atoms with E-state index in [0.717, 1.165) is 54.1 Å². The smallest absolute Gasteiger partial charge is 0.254 e. The van der Waals surface area contributed by atoms with Gasteiger partial charge in [-0.05, 0) is 80.3 Å². The third-order valence-corrected chi connectivity index (χ3v) is 7.80. The Kier molecular flexibility index (Phi) is 7.16. The molecule has 1 atom stereocenters. The zero-order chi connectivity index (χ0) is 27.6. The van der Waals surface area contributed by atoms with Gasteiger partial charge in [0.2, 0.25) is 5.91 Å². The van der Waals surface area contributed by atoms with Crippen molar-refractivity contribution in [1.29, 1.82) is 0 Å². The Balaban J connectivity index is 1.31. The lowest BCUT2D eigenvalue weighted by atomic mass is 9.97. The summed E-state index contributed by atoms with van der Waals surface area (Å²) in [5, 5.41) is 0. The second-order valence-corrected chi connectivity index (χ2v) is 10.8. The maximum absolute atomic E-state index is 14.3. The number of aryl methyl sites for hydroxylation is 1. The molecule has 2 heterocycles. The normalized spacial score (nSPS) is 15.8. The molecule has 6 nitrogen and oxygen atoms in total. The summed E-state index contributed by atoms with van der Waals surface area (Å²) in [6.45, 7) is 4.88. The average Bonchev–Trinajstić information content (AvgIpc) is 3.71. The van der Waals surface area contributed by atoms with Crippen LogP contribution in [0, 0.1) is 6.92 Å². The molecule has 1 unspecified atom stereocenters. The fourth-order valence-electron chi connectivity index (χ4n) is 5.49. The number of carbonyl (C=O) groups is 2. The van der Waals surface area contributed by atoms with Gasteiger partial charge in [-0.1, -0.05) is 55.3 Å². The first-order chi connectivity index (χ1) is 19.5. The van der Waals surface area contributed by atoms with E-state index in [9.17, 15) is 9.59 Å². The van der Waals surface area contributed by atoms with Crippen molar-refractivity contribution in [3.05, 3.63) is 114 Å². The minimum atomic E-state index is -0.297. The van der Waals surface area contributed by atoms with Crippen LogP contribution in [0.2, 0.25) is 0 Å². The van der Waals surface area contributed by atoms with Crippen LogP contribution in [0.1, 0.15) is 65.8 Å². The van der Waals surface area contributed by atoms with Crippen LogP contribution < -0.4 is 9.64 Å². The molecule has 0 N–H and O–H groups in total. The van der Waals surface area contributed by atoms with Crippen LogP contribution in [0.3, 0.4) is 0 Å². The quantitative estimate of drug-likeness (QED) is 0.225. The van der Waals surface area contributed by atoms with Gasteiger partial charge in [0.15, 0.2) is 0 Å². The van der Waals surface area contributed by atoms with E-state index >= 15 is 0 Å². The molecule has 1 aromatic heterocycles. The molecule has 40 heavy (non-hydrogen) atoms. The Labute approximate surface area is 235 Å². The van der Waals surface area contributed by atoms with Crippen molar-refractivity contribution in [3.63, 3.8) is 0 Å². The highest BCUT2D eigenvalue weighted by atomic mass is 16.5. The fraction of sp³-hybridized carbons (Fsp3) is 0.294. The van der Waals surface area contributed by atoms with Crippen LogP contribution in [0.4, 0.5) is 5.69 Å². The molecular formula is C34H35N3O3.